The number of hydrogen-bond acceptors (Lipinski definition) is 5. The van der Waals surface area contributed by atoms with Gasteiger partial charge in [-0.2, -0.15) is 0 Å². The molecule has 2 atom stereocenters. The van der Waals surface area contributed by atoms with Crippen LogP contribution in [0.1, 0.15) is 19.8 Å². The van der Waals surface area contributed by atoms with Gasteiger partial charge < -0.3 is 10.6 Å². The molecule has 2 aromatic heterocycles. The molecule has 0 bridgehead atoms. The van der Waals surface area contributed by atoms with E-state index in [1.807, 2.05) is 0 Å². The fourth-order valence-corrected chi connectivity index (χ4v) is 3.43. The fraction of sp³-hybridized carbons (Fsp3) is 0.538. The first kappa shape index (κ1) is 11.9. The Hall–Kier alpha value is -1.20. The summed E-state index contributed by atoms with van der Waals surface area (Å²) in [6, 6.07) is 2.45. The van der Waals surface area contributed by atoms with Crippen LogP contribution in [0.2, 0.25) is 0 Å². The van der Waals surface area contributed by atoms with Gasteiger partial charge in [-0.05, 0) is 23.8 Å². The third-order valence-corrected chi connectivity index (χ3v) is 4.68. The predicted octanol–water partition coefficient (Wildman–Crippen LogP) is 2.25. The van der Waals surface area contributed by atoms with Crippen LogP contribution >= 0.6 is 11.3 Å². The van der Waals surface area contributed by atoms with E-state index < -0.39 is 0 Å². The molecule has 96 valence electrons. The van der Waals surface area contributed by atoms with Gasteiger partial charge in [-0.1, -0.05) is 13.3 Å². The number of fused-ring (bicyclic) bond motifs is 1. The summed E-state index contributed by atoms with van der Waals surface area (Å²) in [7, 11) is 0. The van der Waals surface area contributed by atoms with E-state index in [0.717, 1.165) is 36.6 Å². The number of hydrogen-bond donors (Lipinski definition) is 1. The summed E-state index contributed by atoms with van der Waals surface area (Å²) >= 11 is 1.67. The monoisotopic (exact) mass is 262 g/mol. The van der Waals surface area contributed by atoms with Crippen LogP contribution in [0.4, 0.5) is 5.82 Å². The van der Waals surface area contributed by atoms with Gasteiger partial charge in [-0.25, -0.2) is 9.97 Å². The minimum atomic E-state index is 0.339. The SMILES string of the molecule is CCC1CN(c2ncnc3sccc23)CCC1N. The number of rotatable bonds is 2. The molecule has 5 heteroatoms. The van der Waals surface area contributed by atoms with Crippen LogP contribution in [0.15, 0.2) is 17.8 Å². The smallest absolute Gasteiger partial charge is 0.140 e. The maximum absolute atomic E-state index is 6.17. The molecule has 2 N–H and O–H groups in total. The van der Waals surface area contributed by atoms with Crippen molar-refractivity contribution in [2.75, 3.05) is 18.0 Å². The van der Waals surface area contributed by atoms with E-state index in [4.69, 9.17) is 5.73 Å². The molecule has 18 heavy (non-hydrogen) atoms. The van der Waals surface area contributed by atoms with E-state index in [9.17, 15) is 0 Å². The lowest BCUT2D eigenvalue weighted by atomic mass is 9.90. The zero-order chi connectivity index (χ0) is 12.5. The standard InChI is InChI=1S/C13H18N4S/c1-2-9-7-17(5-3-11(9)14)12-10-4-6-18-13(10)16-8-15-12/h4,6,8-9,11H,2-3,5,7,14H2,1H3. The van der Waals surface area contributed by atoms with E-state index in [-0.39, 0.29) is 0 Å². The molecule has 1 aliphatic rings. The molecule has 0 aliphatic carbocycles. The van der Waals surface area contributed by atoms with Crippen molar-refractivity contribution >= 4 is 27.4 Å². The largest absolute Gasteiger partial charge is 0.356 e. The number of nitrogens with two attached hydrogens (primary N) is 1. The van der Waals surface area contributed by atoms with Gasteiger partial charge in [0, 0.05) is 19.1 Å². The number of anilines is 1. The molecule has 1 aliphatic heterocycles. The van der Waals surface area contributed by atoms with Gasteiger partial charge in [0.2, 0.25) is 0 Å². The van der Waals surface area contributed by atoms with Crippen molar-refractivity contribution in [2.24, 2.45) is 11.7 Å². The lowest BCUT2D eigenvalue weighted by Crippen LogP contribution is -2.47. The summed E-state index contributed by atoms with van der Waals surface area (Å²) in [6.07, 6.45) is 3.85. The first-order valence-corrected chi connectivity index (χ1v) is 7.36. The van der Waals surface area contributed by atoms with Crippen molar-refractivity contribution in [3.8, 4) is 0 Å². The molecule has 0 aromatic carbocycles. The molecule has 4 nitrogen and oxygen atoms in total. The normalized spacial score (nSPS) is 24.7. The van der Waals surface area contributed by atoms with E-state index in [0.29, 0.717) is 12.0 Å². The van der Waals surface area contributed by atoms with Gasteiger partial charge in [0.1, 0.15) is 17.0 Å². The zero-order valence-electron chi connectivity index (χ0n) is 10.5. The molecular weight excluding hydrogens is 244 g/mol. The van der Waals surface area contributed by atoms with Gasteiger partial charge in [0.25, 0.3) is 0 Å². The maximum atomic E-state index is 6.17. The van der Waals surface area contributed by atoms with Crippen molar-refractivity contribution < 1.29 is 0 Å². The molecule has 0 amide bonds. The Kier molecular flexibility index (Phi) is 3.18. The Labute approximate surface area is 111 Å². The van der Waals surface area contributed by atoms with Crippen LogP contribution in [0.5, 0.6) is 0 Å². The number of thiophene rings is 1. The highest BCUT2D eigenvalue weighted by atomic mass is 32.1. The van der Waals surface area contributed by atoms with Crippen LogP contribution in [0.25, 0.3) is 10.2 Å². The van der Waals surface area contributed by atoms with Crippen molar-refractivity contribution in [1.82, 2.24) is 9.97 Å². The highest BCUT2D eigenvalue weighted by molar-refractivity contribution is 7.16. The molecule has 2 aromatic rings. The molecule has 3 heterocycles. The average molecular weight is 262 g/mol. The summed E-state index contributed by atoms with van der Waals surface area (Å²) < 4.78 is 0. The highest BCUT2D eigenvalue weighted by Crippen LogP contribution is 2.30. The Bertz CT molecular complexity index is 539. The average Bonchev–Trinajstić information content (AvgIpc) is 2.87. The van der Waals surface area contributed by atoms with Gasteiger partial charge >= 0.3 is 0 Å². The summed E-state index contributed by atoms with van der Waals surface area (Å²) in [5, 5.41) is 3.25. The maximum Gasteiger partial charge on any atom is 0.140 e. The van der Waals surface area contributed by atoms with Crippen LogP contribution in [-0.4, -0.2) is 29.1 Å². The second kappa shape index (κ2) is 4.82. The zero-order valence-corrected chi connectivity index (χ0v) is 11.4. The first-order valence-electron chi connectivity index (χ1n) is 6.48. The van der Waals surface area contributed by atoms with Gasteiger partial charge in [0.05, 0.1) is 5.39 Å². The Morgan fingerprint density at radius 2 is 2.39 bits per heavy atom. The summed E-state index contributed by atoms with van der Waals surface area (Å²) in [5.74, 6) is 1.65. The van der Waals surface area contributed by atoms with Gasteiger partial charge in [0.15, 0.2) is 0 Å². The topological polar surface area (TPSA) is 55.0 Å². The second-order valence-electron chi connectivity index (χ2n) is 4.90. The summed E-state index contributed by atoms with van der Waals surface area (Å²) in [5.41, 5.74) is 6.17. The van der Waals surface area contributed by atoms with E-state index >= 15 is 0 Å². The molecule has 0 spiro atoms. The Morgan fingerprint density at radius 1 is 1.50 bits per heavy atom. The summed E-state index contributed by atoms with van der Waals surface area (Å²) in [6.45, 7) is 4.23. The molecule has 0 saturated carbocycles. The van der Waals surface area contributed by atoms with Crippen molar-refractivity contribution in [2.45, 2.75) is 25.8 Å². The van der Waals surface area contributed by atoms with Crippen LogP contribution in [-0.2, 0) is 0 Å². The Balaban J connectivity index is 1.93. The quantitative estimate of drug-likeness (QED) is 0.902. The minimum Gasteiger partial charge on any atom is -0.356 e. The second-order valence-corrected chi connectivity index (χ2v) is 5.80. The molecule has 0 radical (unpaired) electrons. The number of nitrogens with zero attached hydrogens (tertiary/aromatic N) is 3. The molecule has 1 saturated heterocycles. The van der Waals surface area contributed by atoms with E-state index in [1.165, 1.54) is 5.39 Å². The fourth-order valence-electron chi connectivity index (χ4n) is 2.70. The molecule has 2 unspecified atom stereocenters. The first-order chi connectivity index (χ1) is 8.79. The van der Waals surface area contributed by atoms with Crippen LogP contribution in [0.3, 0.4) is 0 Å². The third-order valence-electron chi connectivity index (χ3n) is 3.86. The number of piperidine rings is 1. The van der Waals surface area contributed by atoms with E-state index in [2.05, 4.69) is 33.2 Å². The molecule has 3 rings (SSSR count). The third kappa shape index (κ3) is 1.97. The van der Waals surface area contributed by atoms with Crippen molar-refractivity contribution in [3.05, 3.63) is 17.8 Å². The minimum absolute atomic E-state index is 0.339. The van der Waals surface area contributed by atoms with E-state index in [1.54, 1.807) is 17.7 Å². The van der Waals surface area contributed by atoms with Crippen LogP contribution < -0.4 is 10.6 Å². The highest BCUT2D eigenvalue weighted by Gasteiger charge is 2.26. The van der Waals surface area contributed by atoms with Crippen molar-refractivity contribution in [3.63, 3.8) is 0 Å². The molecular formula is C13H18N4S. The van der Waals surface area contributed by atoms with Gasteiger partial charge in [-0.3, -0.25) is 0 Å². The summed E-state index contributed by atoms with van der Waals surface area (Å²) in [4.78, 5) is 12.2. The lowest BCUT2D eigenvalue weighted by molar-refractivity contribution is 0.347. The van der Waals surface area contributed by atoms with Gasteiger partial charge in [-0.15, -0.1) is 11.3 Å². The molecule has 1 fully saturated rings. The Morgan fingerprint density at radius 3 is 3.22 bits per heavy atom. The van der Waals surface area contributed by atoms with Crippen molar-refractivity contribution in [1.29, 1.82) is 0 Å². The van der Waals surface area contributed by atoms with Crippen LogP contribution in [0, 0.1) is 5.92 Å². The predicted molar refractivity (Wildman–Crippen MR) is 76.0 cm³/mol. The lowest BCUT2D eigenvalue weighted by Gasteiger charge is -2.37. The number of aromatic nitrogens is 2.